The number of amides is 1. The van der Waals surface area contributed by atoms with Crippen molar-refractivity contribution in [1.82, 2.24) is 0 Å². The van der Waals surface area contributed by atoms with E-state index in [1.165, 1.54) is 13.1 Å². The van der Waals surface area contributed by atoms with E-state index >= 15 is 0 Å². The zero-order valence-corrected chi connectivity index (χ0v) is 21.3. The second-order valence-corrected chi connectivity index (χ2v) is 11.0. The fourth-order valence-corrected chi connectivity index (χ4v) is 6.28. The van der Waals surface area contributed by atoms with Gasteiger partial charge < -0.3 is 14.0 Å². The van der Waals surface area contributed by atoms with E-state index in [1.54, 1.807) is 16.2 Å². The fourth-order valence-electron chi connectivity index (χ4n) is 5.58. The molecule has 5 nitrogen and oxygen atoms in total. The van der Waals surface area contributed by atoms with Crippen LogP contribution in [0.2, 0.25) is 0 Å². The van der Waals surface area contributed by atoms with Gasteiger partial charge in [0.2, 0.25) is 0 Å². The molecule has 184 valence electrons. The molecule has 6 rings (SSSR count). The summed E-state index contributed by atoms with van der Waals surface area (Å²) in [5.41, 5.74) is 2.03. The summed E-state index contributed by atoms with van der Waals surface area (Å²) in [5, 5.41) is 2.05. The lowest BCUT2D eigenvalue weighted by atomic mass is 9.83. The summed E-state index contributed by atoms with van der Waals surface area (Å²) < 4.78 is 13.2. The molecule has 1 aromatic heterocycles. The molecular formula is C29H35N2O3S+. The third-order valence-electron chi connectivity index (χ3n) is 7.51. The maximum Gasteiger partial charge on any atom is 0.415 e. The van der Waals surface area contributed by atoms with Crippen LogP contribution in [0.25, 0.3) is 0 Å². The summed E-state index contributed by atoms with van der Waals surface area (Å²) >= 11 is 1.67. The fraction of sp³-hybridized carbons (Fsp3) is 0.414. The van der Waals surface area contributed by atoms with Gasteiger partial charge in [0, 0.05) is 35.7 Å². The summed E-state index contributed by atoms with van der Waals surface area (Å²) in [7, 11) is 0. The summed E-state index contributed by atoms with van der Waals surface area (Å²) in [5.74, 6) is 1.40. The first kappa shape index (κ1) is 23.9. The Balaban J connectivity index is 1.22. The Kier molecular flexibility index (Phi) is 7.40. The Hall–Kier alpha value is -2.83. The molecule has 2 aromatic carbocycles. The Morgan fingerprint density at radius 2 is 1.89 bits per heavy atom. The molecule has 1 atom stereocenters. The molecule has 35 heavy (non-hydrogen) atoms. The predicted molar refractivity (Wildman–Crippen MR) is 141 cm³/mol. The monoisotopic (exact) mass is 491 g/mol. The van der Waals surface area contributed by atoms with Gasteiger partial charge in [0.1, 0.15) is 12.3 Å². The number of benzene rings is 2. The first-order valence-corrected chi connectivity index (χ1v) is 13.6. The van der Waals surface area contributed by atoms with Gasteiger partial charge in [-0.05, 0) is 48.2 Å². The number of piperidine rings is 3. The number of rotatable bonds is 9. The maximum absolute atomic E-state index is 13.5. The van der Waals surface area contributed by atoms with Gasteiger partial charge >= 0.3 is 6.09 Å². The second kappa shape index (κ2) is 10.8. The van der Waals surface area contributed by atoms with Gasteiger partial charge in [0.05, 0.1) is 32.8 Å². The van der Waals surface area contributed by atoms with Crippen LogP contribution in [0.5, 0.6) is 5.75 Å². The molecular weight excluding hydrogens is 456 g/mol. The van der Waals surface area contributed by atoms with E-state index in [1.807, 2.05) is 48.5 Å². The smallest absolute Gasteiger partial charge is 0.415 e. The molecule has 0 radical (unpaired) electrons. The topological polar surface area (TPSA) is 38.8 Å². The molecule has 4 heterocycles. The van der Waals surface area contributed by atoms with Gasteiger partial charge in [-0.1, -0.05) is 36.4 Å². The minimum atomic E-state index is -0.228. The zero-order chi connectivity index (χ0) is 24.1. The van der Waals surface area contributed by atoms with Gasteiger partial charge in [-0.25, -0.2) is 4.79 Å². The minimum Gasteiger partial charge on any atom is -0.493 e. The lowest BCUT2D eigenvalue weighted by molar-refractivity contribution is -0.946. The number of thiophene rings is 1. The predicted octanol–water partition coefficient (Wildman–Crippen LogP) is 6.28. The van der Waals surface area contributed by atoms with Crippen LogP contribution in [0.15, 0.2) is 72.1 Å². The number of aryl methyl sites for hydroxylation is 1. The zero-order valence-electron chi connectivity index (χ0n) is 20.5. The molecule has 1 amide bonds. The maximum atomic E-state index is 13.5. The Morgan fingerprint density at radius 1 is 1.06 bits per heavy atom. The third-order valence-corrected chi connectivity index (χ3v) is 8.37. The molecule has 3 fully saturated rings. The number of quaternary nitrogens is 1. The van der Waals surface area contributed by atoms with Crippen LogP contribution in [0.3, 0.4) is 0 Å². The van der Waals surface area contributed by atoms with Gasteiger partial charge in [0.15, 0.2) is 6.10 Å². The minimum absolute atomic E-state index is 0.0179. The number of carbonyl (C=O) groups is 1. The van der Waals surface area contributed by atoms with Crippen molar-refractivity contribution in [3.8, 4) is 5.75 Å². The van der Waals surface area contributed by atoms with E-state index in [4.69, 9.17) is 9.47 Å². The highest BCUT2D eigenvalue weighted by Gasteiger charge is 2.47. The van der Waals surface area contributed by atoms with Crippen LogP contribution in [0.4, 0.5) is 10.5 Å². The number of hydrogen-bond donors (Lipinski definition) is 0. The van der Waals surface area contributed by atoms with E-state index in [0.717, 1.165) is 65.3 Å². The van der Waals surface area contributed by atoms with Crippen LogP contribution >= 0.6 is 11.3 Å². The Morgan fingerprint density at radius 3 is 2.63 bits per heavy atom. The van der Waals surface area contributed by atoms with E-state index in [-0.39, 0.29) is 12.2 Å². The van der Waals surface area contributed by atoms with Crippen LogP contribution < -0.4 is 9.64 Å². The number of carbonyl (C=O) groups excluding carboxylic acids is 1. The molecule has 3 saturated heterocycles. The van der Waals surface area contributed by atoms with Crippen molar-refractivity contribution in [2.75, 3.05) is 37.7 Å². The quantitative estimate of drug-likeness (QED) is 0.261. The van der Waals surface area contributed by atoms with Gasteiger partial charge in [-0.3, -0.25) is 4.90 Å². The van der Waals surface area contributed by atoms with Crippen molar-refractivity contribution >= 4 is 23.1 Å². The van der Waals surface area contributed by atoms with Crippen LogP contribution in [-0.2, 0) is 11.3 Å². The summed E-state index contributed by atoms with van der Waals surface area (Å²) in [4.78, 5) is 16.5. The number of para-hydroxylation sites is 1. The molecule has 2 bridgehead atoms. The van der Waals surface area contributed by atoms with Crippen molar-refractivity contribution in [2.45, 2.75) is 38.8 Å². The largest absolute Gasteiger partial charge is 0.493 e. The van der Waals surface area contributed by atoms with Crippen LogP contribution in [0.1, 0.15) is 29.7 Å². The Labute approximate surface area is 212 Å². The van der Waals surface area contributed by atoms with Crippen LogP contribution in [0, 0.1) is 12.8 Å². The van der Waals surface area contributed by atoms with E-state index in [9.17, 15) is 4.79 Å². The standard InChI is InChI=1S/C29H35N2O3S/c1-23-8-5-9-25(20-23)30(21-27-12-6-19-35-27)29(32)34-28-22-31(16-13-24(28)14-17-31)15-7-18-33-26-10-3-2-4-11-26/h2-6,8-12,19-20,24,28H,7,13-18,21-22H2,1H3/q+1/t24?,28-,31?/m0/s1. The molecule has 0 spiro atoms. The third kappa shape index (κ3) is 5.88. The molecule has 0 unspecified atom stereocenters. The Bertz CT molecular complexity index is 1090. The summed E-state index contributed by atoms with van der Waals surface area (Å²) in [6, 6.07) is 22.3. The molecule has 3 aromatic rings. The number of ether oxygens (including phenoxy) is 2. The molecule has 3 aliphatic heterocycles. The second-order valence-electron chi connectivity index (χ2n) is 9.97. The van der Waals surface area contributed by atoms with Crippen molar-refractivity contribution in [1.29, 1.82) is 0 Å². The number of fused-ring (bicyclic) bond motifs is 3. The normalized spacial score (nSPS) is 23.1. The first-order valence-electron chi connectivity index (χ1n) is 12.7. The van der Waals surface area contributed by atoms with Crippen molar-refractivity contribution < 1.29 is 18.8 Å². The molecule has 0 saturated carbocycles. The highest BCUT2D eigenvalue weighted by molar-refractivity contribution is 7.09. The van der Waals surface area contributed by atoms with Crippen molar-refractivity contribution in [3.05, 3.63) is 82.6 Å². The number of anilines is 1. The van der Waals surface area contributed by atoms with Gasteiger partial charge in [0.25, 0.3) is 0 Å². The average Bonchev–Trinajstić information content (AvgIpc) is 3.40. The van der Waals surface area contributed by atoms with Crippen molar-refractivity contribution in [2.24, 2.45) is 5.92 Å². The molecule has 3 aliphatic rings. The SMILES string of the molecule is Cc1cccc(N(Cc2cccs2)C(=O)O[C@H]2C[N+]3(CCCOc4ccccc4)CCC2CC3)c1. The lowest BCUT2D eigenvalue weighted by Gasteiger charge is -2.52. The summed E-state index contributed by atoms with van der Waals surface area (Å²) in [6.07, 6.45) is 3.03. The van der Waals surface area contributed by atoms with Gasteiger partial charge in [-0.2, -0.15) is 0 Å². The number of nitrogens with zero attached hydrogens (tertiary/aromatic N) is 2. The first-order chi connectivity index (χ1) is 17.1. The average molecular weight is 492 g/mol. The molecule has 0 aliphatic carbocycles. The van der Waals surface area contributed by atoms with Crippen molar-refractivity contribution in [3.63, 3.8) is 0 Å². The lowest BCUT2D eigenvalue weighted by Crippen LogP contribution is -2.65. The number of hydrogen-bond acceptors (Lipinski definition) is 4. The van der Waals surface area contributed by atoms with Gasteiger partial charge in [-0.15, -0.1) is 11.3 Å². The highest BCUT2D eigenvalue weighted by atomic mass is 32.1. The molecule has 6 heteroatoms. The van der Waals surface area contributed by atoms with Crippen LogP contribution in [-0.4, -0.2) is 49.5 Å². The van der Waals surface area contributed by atoms with E-state index in [2.05, 4.69) is 30.5 Å². The highest BCUT2D eigenvalue weighted by Crippen LogP contribution is 2.36. The van der Waals surface area contributed by atoms with E-state index in [0.29, 0.717) is 12.5 Å². The van der Waals surface area contributed by atoms with E-state index < -0.39 is 0 Å². The summed E-state index contributed by atoms with van der Waals surface area (Å²) in [6.45, 7) is 7.67. The molecule has 0 N–H and O–H groups in total.